The maximum atomic E-state index is 8.95. The summed E-state index contributed by atoms with van der Waals surface area (Å²) in [5.74, 6) is 0. The molecule has 0 aliphatic rings. The van der Waals surface area contributed by atoms with Crippen LogP contribution in [0.5, 0.6) is 0 Å². The molecule has 0 radical (unpaired) electrons. The molecule has 2 heterocycles. The summed E-state index contributed by atoms with van der Waals surface area (Å²) in [7, 11) is 0. The minimum Gasteiger partial charge on any atom is -0.392 e. The summed E-state index contributed by atoms with van der Waals surface area (Å²) in [6.07, 6.45) is 1.65. The van der Waals surface area contributed by atoms with E-state index in [1.807, 2.05) is 16.8 Å². The Balaban J connectivity index is 2.46. The summed E-state index contributed by atoms with van der Waals surface area (Å²) >= 11 is 1.63. The molecule has 2 rings (SSSR count). The molecule has 0 fully saturated rings. The number of thiophene rings is 1. The van der Waals surface area contributed by atoms with E-state index in [0.717, 1.165) is 16.8 Å². The zero-order valence-electron chi connectivity index (χ0n) is 6.32. The third kappa shape index (κ3) is 1.15. The van der Waals surface area contributed by atoms with Crippen molar-refractivity contribution in [3.05, 3.63) is 28.6 Å². The molecule has 0 saturated heterocycles. The van der Waals surface area contributed by atoms with Crippen molar-refractivity contribution in [2.75, 3.05) is 0 Å². The van der Waals surface area contributed by atoms with Gasteiger partial charge in [-0.2, -0.15) is 16.4 Å². The Morgan fingerprint density at radius 3 is 3.17 bits per heavy atom. The molecule has 0 saturated carbocycles. The van der Waals surface area contributed by atoms with Crippen LogP contribution in [0.2, 0.25) is 0 Å². The monoisotopic (exact) mass is 180 g/mol. The van der Waals surface area contributed by atoms with Crippen LogP contribution >= 0.6 is 11.3 Å². The molecule has 2 aromatic heterocycles. The quantitative estimate of drug-likeness (QED) is 0.738. The van der Waals surface area contributed by atoms with Crippen molar-refractivity contribution in [1.82, 2.24) is 10.2 Å². The van der Waals surface area contributed by atoms with Gasteiger partial charge in [-0.05, 0) is 11.4 Å². The Labute approximate surface area is 73.7 Å². The highest BCUT2D eigenvalue weighted by atomic mass is 32.1. The van der Waals surface area contributed by atoms with Crippen LogP contribution in [0.3, 0.4) is 0 Å². The first-order chi connectivity index (χ1) is 5.92. The smallest absolute Gasteiger partial charge is 0.0718 e. The Morgan fingerprint density at radius 1 is 1.58 bits per heavy atom. The van der Waals surface area contributed by atoms with Crippen molar-refractivity contribution in [3.8, 4) is 11.3 Å². The van der Waals surface area contributed by atoms with Crippen molar-refractivity contribution < 1.29 is 5.11 Å². The zero-order chi connectivity index (χ0) is 8.39. The molecular formula is C8H8N2OS. The Bertz CT molecular complexity index is 353. The van der Waals surface area contributed by atoms with Gasteiger partial charge in [-0.25, -0.2) is 0 Å². The molecule has 0 bridgehead atoms. The first-order valence-corrected chi connectivity index (χ1v) is 4.52. The van der Waals surface area contributed by atoms with Gasteiger partial charge >= 0.3 is 0 Å². The minimum absolute atomic E-state index is 0.0294. The number of aliphatic hydroxyl groups is 1. The standard InChI is InChI=1S/C8H8N2OS/c11-4-7-3-9-10-8(7)6-1-2-12-5-6/h1-3,5,11H,4H2,(H,9,10). The number of rotatable bonds is 2. The predicted molar refractivity (Wildman–Crippen MR) is 47.8 cm³/mol. The van der Waals surface area contributed by atoms with Crippen LogP contribution in [-0.2, 0) is 6.61 Å². The molecule has 0 spiro atoms. The van der Waals surface area contributed by atoms with E-state index in [-0.39, 0.29) is 6.61 Å². The molecule has 0 aliphatic heterocycles. The van der Waals surface area contributed by atoms with Crippen LogP contribution in [-0.4, -0.2) is 15.3 Å². The van der Waals surface area contributed by atoms with Gasteiger partial charge in [-0.1, -0.05) is 0 Å². The van der Waals surface area contributed by atoms with Crippen LogP contribution in [0, 0.1) is 0 Å². The average Bonchev–Trinajstić information content (AvgIpc) is 2.74. The molecule has 0 aliphatic carbocycles. The van der Waals surface area contributed by atoms with Crippen LogP contribution < -0.4 is 0 Å². The number of aromatic amines is 1. The molecule has 0 unspecified atom stereocenters. The van der Waals surface area contributed by atoms with Gasteiger partial charge in [0.15, 0.2) is 0 Å². The van der Waals surface area contributed by atoms with Crippen LogP contribution in [0.15, 0.2) is 23.0 Å². The van der Waals surface area contributed by atoms with Crippen LogP contribution in [0.1, 0.15) is 5.56 Å². The van der Waals surface area contributed by atoms with E-state index in [9.17, 15) is 0 Å². The Hall–Kier alpha value is -1.13. The first-order valence-electron chi connectivity index (χ1n) is 3.57. The van der Waals surface area contributed by atoms with E-state index in [4.69, 9.17) is 5.11 Å². The van der Waals surface area contributed by atoms with Gasteiger partial charge in [0.05, 0.1) is 18.5 Å². The fraction of sp³-hybridized carbons (Fsp3) is 0.125. The average molecular weight is 180 g/mol. The summed E-state index contributed by atoms with van der Waals surface area (Å²) in [5, 5.41) is 19.7. The predicted octanol–water partition coefficient (Wildman–Crippen LogP) is 1.63. The second-order valence-electron chi connectivity index (χ2n) is 2.44. The minimum atomic E-state index is 0.0294. The lowest BCUT2D eigenvalue weighted by atomic mass is 10.2. The summed E-state index contributed by atoms with van der Waals surface area (Å²) < 4.78 is 0. The molecule has 2 aromatic rings. The zero-order valence-corrected chi connectivity index (χ0v) is 7.14. The summed E-state index contributed by atoms with van der Waals surface area (Å²) in [5.41, 5.74) is 2.84. The fourth-order valence-electron chi connectivity index (χ4n) is 1.09. The number of hydrogen-bond acceptors (Lipinski definition) is 3. The molecule has 62 valence electrons. The van der Waals surface area contributed by atoms with E-state index in [0.29, 0.717) is 0 Å². The maximum absolute atomic E-state index is 8.95. The lowest BCUT2D eigenvalue weighted by Gasteiger charge is -1.94. The van der Waals surface area contributed by atoms with E-state index >= 15 is 0 Å². The van der Waals surface area contributed by atoms with Crippen molar-refractivity contribution in [2.24, 2.45) is 0 Å². The van der Waals surface area contributed by atoms with Crippen molar-refractivity contribution in [1.29, 1.82) is 0 Å². The lowest BCUT2D eigenvalue weighted by Crippen LogP contribution is -1.83. The molecule has 3 nitrogen and oxygen atoms in total. The third-order valence-corrected chi connectivity index (χ3v) is 2.38. The van der Waals surface area contributed by atoms with Gasteiger partial charge in [0, 0.05) is 16.5 Å². The molecular weight excluding hydrogens is 172 g/mol. The van der Waals surface area contributed by atoms with Gasteiger partial charge < -0.3 is 5.11 Å². The van der Waals surface area contributed by atoms with Crippen molar-refractivity contribution >= 4 is 11.3 Å². The maximum Gasteiger partial charge on any atom is 0.0718 e. The van der Waals surface area contributed by atoms with Gasteiger partial charge in [-0.15, -0.1) is 0 Å². The number of aliphatic hydroxyl groups excluding tert-OH is 1. The van der Waals surface area contributed by atoms with Crippen LogP contribution in [0.25, 0.3) is 11.3 Å². The van der Waals surface area contributed by atoms with Crippen LogP contribution in [0.4, 0.5) is 0 Å². The van der Waals surface area contributed by atoms with Gasteiger partial charge in [0.1, 0.15) is 0 Å². The molecule has 0 aromatic carbocycles. The third-order valence-electron chi connectivity index (χ3n) is 1.70. The molecule has 0 atom stereocenters. The van der Waals surface area contributed by atoms with E-state index in [2.05, 4.69) is 10.2 Å². The number of hydrogen-bond donors (Lipinski definition) is 2. The highest BCUT2D eigenvalue weighted by Gasteiger charge is 2.05. The van der Waals surface area contributed by atoms with E-state index in [1.165, 1.54) is 0 Å². The molecule has 12 heavy (non-hydrogen) atoms. The summed E-state index contributed by atoms with van der Waals surface area (Å²) in [6.45, 7) is 0.0294. The number of nitrogens with zero attached hydrogens (tertiary/aromatic N) is 1. The second-order valence-corrected chi connectivity index (χ2v) is 3.22. The topological polar surface area (TPSA) is 48.9 Å². The molecule has 4 heteroatoms. The summed E-state index contributed by atoms with van der Waals surface area (Å²) in [6, 6.07) is 2.00. The Kier molecular flexibility index (Phi) is 1.93. The van der Waals surface area contributed by atoms with Gasteiger partial charge in [0.25, 0.3) is 0 Å². The van der Waals surface area contributed by atoms with Crippen molar-refractivity contribution in [3.63, 3.8) is 0 Å². The SMILES string of the molecule is OCc1cn[nH]c1-c1ccsc1. The van der Waals surface area contributed by atoms with Crippen molar-refractivity contribution in [2.45, 2.75) is 6.61 Å². The summed E-state index contributed by atoms with van der Waals surface area (Å²) in [4.78, 5) is 0. The first kappa shape index (κ1) is 7.52. The van der Waals surface area contributed by atoms with Gasteiger partial charge in [-0.3, -0.25) is 5.10 Å². The van der Waals surface area contributed by atoms with E-state index in [1.54, 1.807) is 17.5 Å². The molecule has 2 N–H and O–H groups in total. The number of aromatic nitrogens is 2. The largest absolute Gasteiger partial charge is 0.392 e. The lowest BCUT2D eigenvalue weighted by molar-refractivity contribution is 0.282. The highest BCUT2D eigenvalue weighted by molar-refractivity contribution is 7.08. The molecule has 0 amide bonds. The highest BCUT2D eigenvalue weighted by Crippen LogP contribution is 2.22. The Morgan fingerprint density at radius 2 is 2.50 bits per heavy atom. The fourth-order valence-corrected chi connectivity index (χ4v) is 1.73. The number of H-pyrrole nitrogens is 1. The normalized spacial score (nSPS) is 10.4. The van der Waals surface area contributed by atoms with Gasteiger partial charge in [0.2, 0.25) is 0 Å². The second kappa shape index (κ2) is 3.08. The van der Waals surface area contributed by atoms with E-state index < -0.39 is 0 Å². The number of nitrogens with one attached hydrogen (secondary N) is 1.